The molecule has 2 N–H and O–H groups in total. The van der Waals surface area contributed by atoms with Crippen LogP contribution in [0.3, 0.4) is 0 Å². The maximum Gasteiger partial charge on any atom is 0.263 e. The largest absolute Gasteiger partial charge is 0.497 e. The van der Waals surface area contributed by atoms with Crippen molar-refractivity contribution in [3.63, 3.8) is 0 Å². The van der Waals surface area contributed by atoms with Crippen LogP contribution in [0.1, 0.15) is 25.8 Å². The molecule has 1 saturated heterocycles. The molecule has 1 fully saturated rings. The number of piperazine rings is 1. The van der Waals surface area contributed by atoms with Crippen LogP contribution in [-0.4, -0.2) is 50.9 Å². The van der Waals surface area contributed by atoms with Gasteiger partial charge < -0.3 is 10.1 Å². The van der Waals surface area contributed by atoms with Crippen LogP contribution in [-0.2, 0) is 26.3 Å². The van der Waals surface area contributed by atoms with E-state index in [9.17, 15) is 13.2 Å². The third kappa shape index (κ3) is 7.15. The first-order valence-electron chi connectivity index (χ1n) is 10.7. The number of rotatable bonds is 9. The Morgan fingerprint density at radius 1 is 1.15 bits per heavy atom. The minimum absolute atomic E-state index is 0. The Labute approximate surface area is 202 Å². The summed E-state index contributed by atoms with van der Waals surface area (Å²) in [5.74, 6) is 0.441. The molecule has 2 aromatic carbocycles. The fraction of sp³-hybridized carbons (Fsp3) is 0.435. The molecule has 182 valence electrons. The van der Waals surface area contributed by atoms with Crippen LogP contribution >= 0.6 is 12.4 Å². The molecule has 3 rings (SSSR count). The molecule has 1 amide bonds. The summed E-state index contributed by atoms with van der Waals surface area (Å²) >= 11 is 0. The second-order valence-corrected chi connectivity index (χ2v) is 10.1. The van der Waals surface area contributed by atoms with E-state index in [0.29, 0.717) is 11.7 Å². The lowest BCUT2D eigenvalue weighted by Gasteiger charge is -2.39. The summed E-state index contributed by atoms with van der Waals surface area (Å²) in [6.45, 7) is 4.75. The highest BCUT2D eigenvalue weighted by atomic mass is 35.5. The van der Waals surface area contributed by atoms with Gasteiger partial charge in [0, 0.05) is 19.1 Å². The van der Waals surface area contributed by atoms with Crippen molar-refractivity contribution in [1.29, 1.82) is 0 Å². The van der Waals surface area contributed by atoms with Crippen molar-refractivity contribution < 1.29 is 22.8 Å². The Morgan fingerprint density at radius 3 is 2.42 bits per heavy atom. The number of benzene rings is 2. The molecule has 0 unspecified atom stereocenters. The van der Waals surface area contributed by atoms with Crippen LogP contribution in [0.5, 0.6) is 5.75 Å². The smallest absolute Gasteiger partial charge is 0.263 e. The van der Waals surface area contributed by atoms with E-state index in [1.54, 1.807) is 12.1 Å². The molecule has 0 radical (unpaired) electrons. The van der Waals surface area contributed by atoms with Crippen molar-refractivity contribution in [3.8, 4) is 5.75 Å². The summed E-state index contributed by atoms with van der Waals surface area (Å²) < 4.78 is 33.3. The number of carbonyl (C=O) groups is 1. The van der Waals surface area contributed by atoms with Crippen LogP contribution in [0.4, 0.5) is 0 Å². The van der Waals surface area contributed by atoms with Crippen LogP contribution in [0.25, 0.3) is 0 Å². The minimum Gasteiger partial charge on any atom is -0.497 e. The van der Waals surface area contributed by atoms with Gasteiger partial charge in [-0.25, -0.2) is 13.9 Å². The first-order valence-corrected chi connectivity index (χ1v) is 12.1. The number of methoxy groups -OCH3 is 1. The van der Waals surface area contributed by atoms with Gasteiger partial charge in [-0.2, -0.15) is 4.31 Å². The number of amides is 1. The zero-order valence-electron chi connectivity index (χ0n) is 19.1. The van der Waals surface area contributed by atoms with Crippen LogP contribution in [0.15, 0.2) is 59.5 Å². The maximum atomic E-state index is 13.5. The number of carbonyl (C=O) groups excluding carboxylic acids is 1. The van der Waals surface area contributed by atoms with Gasteiger partial charge >= 0.3 is 0 Å². The number of sulfonamides is 1. The van der Waals surface area contributed by atoms with Crippen molar-refractivity contribution in [2.75, 3.05) is 20.2 Å². The first-order chi connectivity index (χ1) is 15.3. The van der Waals surface area contributed by atoms with Gasteiger partial charge in [0.2, 0.25) is 10.0 Å². The quantitative estimate of drug-likeness (QED) is 0.517. The highest BCUT2D eigenvalue weighted by Crippen LogP contribution is 2.24. The SMILES string of the molecule is COc1ccc(S(=O)(=O)N2C[C@@H](CC(C)C)NC[C@@H]2C(=O)NOCc2ccccc2)cc1.Cl. The summed E-state index contributed by atoms with van der Waals surface area (Å²) in [6.07, 6.45) is 0.799. The number of nitrogens with zero attached hydrogens (tertiary/aromatic N) is 1. The fourth-order valence-corrected chi connectivity index (χ4v) is 5.35. The first kappa shape index (κ1) is 27.1. The predicted octanol–water partition coefficient (Wildman–Crippen LogP) is 2.74. The van der Waals surface area contributed by atoms with E-state index in [1.165, 1.54) is 23.5 Å². The molecule has 0 spiro atoms. The number of hydroxylamine groups is 1. The van der Waals surface area contributed by atoms with Gasteiger partial charge in [-0.1, -0.05) is 44.2 Å². The molecule has 1 heterocycles. The molecule has 0 bridgehead atoms. The minimum atomic E-state index is -3.91. The number of nitrogens with one attached hydrogen (secondary N) is 2. The second-order valence-electron chi connectivity index (χ2n) is 8.24. The molecule has 2 atom stereocenters. The number of hydrogen-bond acceptors (Lipinski definition) is 6. The third-order valence-corrected chi connectivity index (χ3v) is 7.22. The molecule has 8 nitrogen and oxygen atoms in total. The van der Waals surface area contributed by atoms with Gasteiger partial charge in [0.25, 0.3) is 5.91 Å². The summed E-state index contributed by atoms with van der Waals surface area (Å²) in [7, 11) is -2.39. The predicted molar refractivity (Wildman–Crippen MR) is 129 cm³/mol. The van der Waals surface area contributed by atoms with E-state index in [0.717, 1.165) is 12.0 Å². The lowest BCUT2D eigenvalue weighted by atomic mass is 10.0. The van der Waals surface area contributed by atoms with E-state index in [1.807, 2.05) is 30.3 Å². The van der Waals surface area contributed by atoms with Crippen molar-refractivity contribution >= 4 is 28.3 Å². The molecule has 2 aromatic rings. The molecule has 10 heteroatoms. The lowest BCUT2D eigenvalue weighted by molar-refractivity contribution is -0.139. The topological polar surface area (TPSA) is 97.0 Å². The maximum absolute atomic E-state index is 13.5. The van der Waals surface area contributed by atoms with Crippen LogP contribution in [0, 0.1) is 5.92 Å². The van der Waals surface area contributed by atoms with E-state index in [2.05, 4.69) is 24.6 Å². The summed E-state index contributed by atoms with van der Waals surface area (Å²) in [5, 5.41) is 3.32. The lowest BCUT2D eigenvalue weighted by Crippen LogP contribution is -2.62. The fourth-order valence-electron chi connectivity index (χ4n) is 3.72. The number of halogens is 1. The summed E-state index contributed by atoms with van der Waals surface area (Å²) in [4.78, 5) is 18.4. The molecular formula is C23H32ClN3O5S. The molecule has 0 aromatic heterocycles. The average Bonchev–Trinajstić information content (AvgIpc) is 2.79. The van der Waals surface area contributed by atoms with E-state index < -0.39 is 22.0 Å². The molecule has 1 aliphatic heterocycles. The van der Waals surface area contributed by atoms with Crippen molar-refractivity contribution in [2.24, 2.45) is 5.92 Å². The Bertz CT molecular complexity index is 987. The second kappa shape index (κ2) is 12.3. The van der Waals surface area contributed by atoms with Gasteiger partial charge in [0.05, 0.1) is 18.6 Å². The van der Waals surface area contributed by atoms with Crippen molar-refractivity contribution in [1.82, 2.24) is 15.1 Å². The Kier molecular flexibility index (Phi) is 10.1. The van der Waals surface area contributed by atoms with Crippen LogP contribution in [0.2, 0.25) is 0 Å². The highest BCUT2D eigenvalue weighted by molar-refractivity contribution is 7.89. The Hall–Kier alpha value is -2.17. The number of ether oxygens (including phenoxy) is 1. The molecule has 1 aliphatic rings. The van der Waals surface area contributed by atoms with E-state index in [-0.39, 0.29) is 43.0 Å². The average molecular weight is 498 g/mol. The van der Waals surface area contributed by atoms with Gasteiger partial charge in [0.15, 0.2) is 0 Å². The number of hydrogen-bond donors (Lipinski definition) is 2. The molecule has 0 saturated carbocycles. The zero-order valence-corrected chi connectivity index (χ0v) is 20.7. The van der Waals surface area contributed by atoms with Crippen LogP contribution < -0.4 is 15.5 Å². The van der Waals surface area contributed by atoms with E-state index in [4.69, 9.17) is 9.57 Å². The van der Waals surface area contributed by atoms with E-state index >= 15 is 0 Å². The standard InChI is InChI=1S/C23H31N3O5S.ClH/c1-17(2)13-19-15-26(32(28,29)21-11-9-20(30-3)10-12-21)22(14-24-19)23(27)25-31-16-18-7-5-4-6-8-18;/h4-12,17,19,22,24H,13-16H2,1-3H3,(H,25,27);1H/t19-,22-;/m1./s1. The molecule has 0 aliphatic carbocycles. The Balaban J connectivity index is 0.00000385. The summed E-state index contributed by atoms with van der Waals surface area (Å²) in [6, 6.07) is 14.6. The van der Waals surface area contributed by atoms with Crippen molar-refractivity contribution in [3.05, 3.63) is 60.2 Å². The highest BCUT2D eigenvalue weighted by Gasteiger charge is 2.40. The molecular weight excluding hydrogens is 466 g/mol. The van der Waals surface area contributed by atoms with Gasteiger partial charge in [-0.3, -0.25) is 9.63 Å². The van der Waals surface area contributed by atoms with Gasteiger partial charge in [0.1, 0.15) is 11.8 Å². The monoisotopic (exact) mass is 497 g/mol. The van der Waals surface area contributed by atoms with Gasteiger partial charge in [-0.15, -0.1) is 12.4 Å². The normalized spacial score (nSPS) is 19.0. The van der Waals surface area contributed by atoms with Gasteiger partial charge in [-0.05, 0) is 42.2 Å². The third-order valence-electron chi connectivity index (χ3n) is 5.33. The molecule has 33 heavy (non-hydrogen) atoms. The zero-order chi connectivity index (χ0) is 23.1. The Morgan fingerprint density at radius 2 is 1.82 bits per heavy atom. The van der Waals surface area contributed by atoms with Crippen molar-refractivity contribution in [2.45, 2.75) is 43.9 Å². The summed E-state index contributed by atoms with van der Waals surface area (Å²) in [5.41, 5.74) is 3.32.